The molecule has 0 aliphatic carbocycles. The summed E-state index contributed by atoms with van der Waals surface area (Å²) in [6.45, 7) is 3.21. The maximum atomic E-state index is 13.6. The molecule has 3 atom stereocenters. The number of hydrogen-bond acceptors (Lipinski definition) is 8. The number of sulfonamides is 2. The topological polar surface area (TPSA) is 123 Å². The van der Waals surface area contributed by atoms with Crippen molar-refractivity contribution in [1.82, 2.24) is 8.61 Å². The van der Waals surface area contributed by atoms with E-state index in [2.05, 4.69) is 11.8 Å². The molecular formula is C26H34N2O8S2. The SMILES string of the molecule is COCC#Cc1ccc2c(c1)O[C@@H](CN(C)S(=O)(=O)c1ccc(OC)cc1)[C@@H](C)CN([C@@H](C)CO)S2(=O)=O. The molecule has 38 heavy (non-hydrogen) atoms. The fourth-order valence-electron chi connectivity index (χ4n) is 4.01. The van der Waals surface area contributed by atoms with Crippen LogP contribution in [-0.4, -0.2) is 90.3 Å². The van der Waals surface area contributed by atoms with Gasteiger partial charge in [-0.1, -0.05) is 18.8 Å². The monoisotopic (exact) mass is 566 g/mol. The average molecular weight is 567 g/mol. The van der Waals surface area contributed by atoms with E-state index in [9.17, 15) is 21.9 Å². The van der Waals surface area contributed by atoms with Crippen LogP contribution < -0.4 is 9.47 Å². The zero-order chi connectivity index (χ0) is 28.1. The van der Waals surface area contributed by atoms with Gasteiger partial charge in [-0.15, -0.1) is 0 Å². The quantitative estimate of drug-likeness (QED) is 0.480. The smallest absolute Gasteiger partial charge is 0.247 e. The number of likely N-dealkylation sites (N-methyl/N-ethyl adjacent to an activating group) is 1. The van der Waals surface area contributed by atoms with Gasteiger partial charge in [-0.3, -0.25) is 0 Å². The Labute approximate surface area is 225 Å². The summed E-state index contributed by atoms with van der Waals surface area (Å²) in [5.74, 6) is 5.90. The van der Waals surface area contributed by atoms with E-state index in [1.165, 1.54) is 54.1 Å². The normalized spacial score (nSPS) is 20.3. The van der Waals surface area contributed by atoms with Crippen LogP contribution in [0.4, 0.5) is 0 Å². The van der Waals surface area contributed by atoms with Gasteiger partial charge in [0.2, 0.25) is 20.0 Å². The number of rotatable bonds is 8. The van der Waals surface area contributed by atoms with Crippen LogP contribution in [0, 0.1) is 17.8 Å². The number of aliphatic hydroxyl groups excluding tert-OH is 1. The van der Waals surface area contributed by atoms with Gasteiger partial charge in [-0.05, 0) is 49.4 Å². The lowest BCUT2D eigenvalue weighted by Crippen LogP contribution is -2.50. The van der Waals surface area contributed by atoms with Gasteiger partial charge in [-0.2, -0.15) is 8.61 Å². The lowest BCUT2D eigenvalue weighted by Gasteiger charge is -2.37. The molecule has 1 heterocycles. The maximum Gasteiger partial charge on any atom is 0.247 e. The number of methoxy groups -OCH3 is 2. The van der Waals surface area contributed by atoms with Crippen molar-refractivity contribution in [2.75, 3.05) is 47.6 Å². The highest BCUT2D eigenvalue weighted by Crippen LogP contribution is 2.34. The Hall–Kier alpha value is -2.66. The highest BCUT2D eigenvalue weighted by Gasteiger charge is 2.39. The molecule has 0 saturated carbocycles. The number of aliphatic hydroxyl groups is 1. The fraction of sp³-hybridized carbons (Fsp3) is 0.462. The van der Waals surface area contributed by atoms with Crippen LogP contribution in [0.15, 0.2) is 52.3 Å². The van der Waals surface area contributed by atoms with Gasteiger partial charge in [0, 0.05) is 38.2 Å². The van der Waals surface area contributed by atoms with Crippen molar-refractivity contribution < 1.29 is 36.2 Å². The summed E-state index contributed by atoms with van der Waals surface area (Å²) in [7, 11) is -3.44. The molecule has 0 radical (unpaired) electrons. The van der Waals surface area contributed by atoms with Crippen LogP contribution in [0.2, 0.25) is 0 Å². The van der Waals surface area contributed by atoms with Crippen LogP contribution >= 0.6 is 0 Å². The Morgan fingerprint density at radius 3 is 2.50 bits per heavy atom. The summed E-state index contributed by atoms with van der Waals surface area (Å²) < 4.78 is 72.5. The van der Waals surface area contributed by atoms with Crippen molar-refractivity contribution >= 4 is 20.0 Å². The molecule has 0 bridgehead atoms. The third kappa shape index (κ3) is 6.48. The molecule has 12 heteroatoms. The van der Waals surface area contributed by atoms with E-state index < -0.39 is 38.1 Å². The minimum absolute atomic E-state index is 0.0278. The van der Waals surface area contributed by atoms with Crippen molar-refractivity contribution in [3.8, 4) is 23.3 Å². The van der Waals surface area contributed by atoms with Gasteiger partial charge in [0.25, 0.3) is 0 Å². The first kappa shape index (κ1) is 29.9. The molecule has 1 aliphatic heterocycles. The van der Waals surface area contributed by atoms with Gasteiger partial charge in [-0.25, -0.2) is 16.8 Å². The van der Waals surface area contributed by atoms with Crippen molar-refractivity contribution in [2.24, 2.45) is 5.92 Å². The number of fused-ring (bicyclic) bond motifs is 1. The molecule has 0 spiro atoms. The Morgan fingerprint density at radius 1 is 1.21 bits per heavy atom. The van der Waals surface area contributed by atoms with Gasteiger partial charge in [0.1, 0.15) is 29.1 Å². The van der Waals surface area contributed by atoms with Gasteiger partial charge in [0.15, 0.2) is 0 Å². The maximum absolute atomic E-state index is 13.6. The minimum atomic E-state index is -4.03. The largest absolute Gasteiger partial charge is 0.497 e. The van der Waals surface area contributed by atoms with E-state index in [0.29, 0.717) is 11.3 Å². The van der Waals surface area contributed by atoms with Crippen molar-refractivity contribution in [3.63, 3.8) is 0 Å². The molecular weight excluding hydrogens is 532 g/mol. The van der Waals surface area contributed by atoms with E-state index in [1.54, 1.807) is 32.0 Å². The number of ether oxygens (including phenoxy) is 3. The molecule has 0 amide bonds. The van der Waals surface area contributed by atoms with Gasteiger partial charge < -0.3 is 19.3 Å². The van der Waals surface area contributed by atoms with Crippen LogP contribution in [0.5, 0.6) is 11.5 Å². The summed E-state index contributed by atoms with van der Waals surface area (Å²) in [6.07, 6.45) is -0.710. The summed E-state index contributed by atoms with van der Waals surface area (Å²) >= 11 is 0. The Kier molecular flexibility index (Phi) is 9.80. The molecule has 208 valence electrons. The summed E-state index contributed by atoms with van der Waals surface area (Å²) in [5.41, 5.74) is 0.518. The molecule has 0 saturated heterocycles. The lowest BCUT2D eigenvalue weighted by atomic mass is 10.0. The predicted molar refractivity (Wildman–Crippen MR) is 142 cm³/mol. The fourth-order valence-corrected chi connectivity index (χ4v) is 7.02. The van der Waals surface area contributed by atoms with Crippen LogP contribution in [-0.2, 0) is 24.8 Å². The lowest BCUT2D eigenvalue weighted by molar-refractivity contribution is 0.0904. The summed E-state index contributed by atoms with van der Waals surface area (Å²) in [4.78, 5) is 0.0150. The zero-order valence-electron chi connectivity index (χ0n) is 22.1. The molecule has 0 aromatic heterocycles. The Morgan fingerprint density at radius 2 is 1.89 bits per heavy atom. The van der Waals surface area contributed by atoms with E-state index in [-0.39, 0.29) is 41.8 Å². The molecule has 2 aromatic rings. The molecule has 1 aliphatic rings. The van der Waals surface area contributed by atoms with Crippen LogP contribution in [0.1, 0.15) is 19.4 Å². The van der Waals surface area contributed by atoms with Crippen LogP contribution in [0.25, 0.3) is 0 Å². The van der Waals surface area contributed by atoms with Crippen LogP contribution in [0.3, 0.4) is 0 Å². The molecule has 3 rings (SSSR count). The number of nitrogens with zero attached hydrogens (tertiary/aromatic N) is 2. The second-order valence-electron chi connectivity index (χ2n) is 9.10. The molecule has 10 nitrogen and oxygen atoms in total. The second kappa shape index (κ2) is 12.5. The van der Waals surface area contributed by atoms with Crippen molar-refractivity contribution in [1.29, 1.82) is 0 Å². The van der Waals surface area contributed by atoms with E-state index >= 15 is 0 Å². The molecule has 1 N–H and O–H groups in total. The Balaban J connectivity index is 2.02. The molecule has 0 fully saturated rings. The minimum Gasteiger partial charge on any atom is -0.497 e. The van der Waals surface area contributed by atoms with Gasteiger partial charge >= 0.3 is 0 Å². The standard InChI is InChI=1S/C26H34N2O8S2/c1-19-16-28(20(2)18-29)38(32,33)26-13-8-21(7-6-14-34-4)15-24(26)36-25(19)17-27(3)37(30,31)23-11-9-22(35-5)10-12-23/h8-13,15,19-20,25,29H,14,16-18H2,1-5H3/t19-,20-,25-/m0/s1. The highest BCUT2D eigenvalue weighted by molar-refractivity contribution is 7.89. The zero-order valence-corrected chi connectivity index (χ0v) is 23.8. The predicted octanol–water partition coefficient (Wildman–Crippen LogP) is 1.78. The third-order valence-corrected chi connectivity index (χ3v) is 10.2. The van der Waals surface area contributed by atoms with Crippen molar-refractivity contribution in [2.45, 2.75) is 35.8 Å². The highest BCUT2D eigenvalue weighted by atomic mass is 32.2. The van der Waals surface area contributed by atoms with E-state index in [0.717, 1.165) is 0 Å². The second-order valence-corrected chi connectivity index (χ2v) is 13.0. The first-order chi connectivity index (χ1) is 17.9. The third-order valence-electron chi connectivity index (χ3n) is 6.32. The summed E-state index contributed by atoms with van der Waals surface area (Å²) in [6, 6.07) is 9.88. The number of hydrogen-bond donors (Lipinski definition) is 1. The van der Waals surface area contributed by atoms with Crippen molar-refractivity contribution in [3.05, 3.63) is 48.0 Å². The van der Waals surface area contributed by atoms with E-state index in [4.69, 9.17) is 14.2 Å². The molecule has 0 unspecified atom stereocenters. The van der Waals surface area contributed by atoms with Gasteiger partial charge in [0.05, 0.1) is 25.2 Å². The molecule has 2 aromatic carbocycles. The first-order valence-corrected chi connectivity index (χ1v) is 14.8. The first-order valence-electron chi connectivity index (χ1n) is 12.0. The average Bonchev–Trinajstić information content (AvgIpc) is 2.90. The summed E-state index contributed by atoms with van der Waals surface area (Å²) in [5, 5.41) is 9.80. The number of benzene rings is 2. The van der Waals surface area contributed by atoms with E-state index in [1.807, 2.05) is 0 Å². The Bertz CT molecular complexity index is 1380.